The van der Waals surface area contributed by atoms with E-state index in [0.29, 0.717) is 11.1 Å². The van der Waals surface area contributed by atoms with E-state index in [2.05, 4.69) is 5.32 Å². The molecule has 6 nitrogen and oxygen atoms in total. The van der Waals surface area contributed by atoms with E-state index < -0.39 is 23.4 Å². The molecule has 28 heavy (non-hydrogen) atoms. The first-order valence-electron chi connectivity index (χ1n) is 8.90. The normalized spacial score (nSPS) is 18.9. The van der Waals surface area contributed by atoms with Crippen molar-refractivity contribution in [2.75, 3.05) is 13.6 Å². The van der Waals surface area contributed by atoms with Gasteiger partial charge in [-0.3, -0.25) is 14.5 Å². The molecule has 0 bridgehead atoms. The third kappa shape index (κ3) is 3.74. The van der Waals surface area contributed by atoms with E-state index in [1.54, 1.807) is 38.2 Å². The Morgan fingerprint density at radius 2 is 1.86 bits per heavy atom. The van der Waals surface area contributed by atoms with Gasteiger partial charge in [0.05, 0.1) is 0 Å². The molecule has 0 aliphatic carbocycles. The van der Waals surface area contributed by atoms with Crippen molar-refractivity contribution in [3.8, 4) is 0 Å². The lowest BCUT2D eigenvalue weighted by Gasteiger charge is -2.23. The number of amides is 4. The van der Waals surface area contributed by atoms with Crippen molar-refractivity contribution < 1.29 is 18.8 Å². The fourth-order valence-corrected chi connectivity index (χ4v) is 3.18. The number of hydrogen-bond donors (Lipinski definition) is 1. The zero-order chi connectivity index (χ0) is 20.5. The second-order valence-corrected chi connectivity index (χ2v) is 7.19. The molecule has 146 valence electrons. The number of imide groups is 1. The monoisotopic (exact) mass is 383 g/mol. The summed E-state index contributed by atoms with van der Waals surface area (Å²) in [4.78, 5) is 40.1. The summed E-state index contributed by atoms with van der Waals surface area (Å²) in [7, 11) is 1.55. The van der Waals surface area contributed by atoms with Gasteiger partial charge in [0.15, 0.2) is 0 Å². The number of nitrogens with one attached hydrogen (secondary N) is 1. The minimum Gasteiger partial charge on any atom is -0.340 e. The van der Waals surface area contributed by atoms with Crippen LogP contribution >= 0.6 is 0 Å². The zero-order valence-electron chi connectivity index (χ0n) is 16.0. The largest absolute Gasteiger partial charge is 0.340 e. The summed E-state index contributed by atoms with van der Waals surface area (Å²) in [5.41, 5.74) is 1.10. The third-order valence-corrected chi connectivity index (χ3v) is 4.93. The number of likely N-dealkylation sites (N-methyl/N-ethyl adjacent to an activating group) is 1. The first-order chi connectivity index (χ1) is 13.2. The highest BCUT2D eigenvalue weighted by Crippen LogP contribution is 2.29. The lowest BCUT2D eigenvalue weighted by Crippen LogP contribution is -2.43. The lowest BCUT2D eigenvalue weighted by molar-refractivity contribution is -0.138. The third-order valence-electron chi connectivity index (χ3n) is 4.93. The molecule has 7 heteroatoms. The molecule has 0 spiro atoms. The smallest absolute Gasteiger partial charge is 0.325 e. The molecule has 1 unspecified atom stereocenters. The average molecular weight is 383 g/mol. The van der Waals surface area contributed by atoms with Crippen molar-refractivity contribution in [3.63, 3.8) is 0 Å². The molecule has 3 rings (SSSR count). The fourth-order valence-electron chi connectivity index (χ4n) is 3.18. The van der Waals surface area contributed by atoms with Gasteiger partial charge in [0.1, 0.15) is 17.9 Å². The fraction of sp³-hybridized carbons (Fsp3) is 0.286. The predicted molar refractivity (Wildman–Crippen MR) is 102 cm³/mol. The van der Waals surface area contributed by atoms with Gasteiger partial charge in [-0.2, -0.15) is 0 Å². The van der Waals surface area contributed by atoms with E-state index in [0.717, 1.165) is 10.5 Å². The van der Waals surface area contributed by atoms with Crippen LogP contribution in [0, 0.1) is 12.7 Å². The summed E-state index contributed by atoms with van der Waals surface area (Å²) in [6.07, 6.45) is 0. The van der Waals surface area contributed by atoms with Gasteiger partial charge in [-0.05, 0) is 37.1 Å². The maximum absolute atomic E-state index is 13.3. The van der Waals surface area contributed by atoms with E-state index in [4.69, 9.17) is 0 Å². The molecule has 1 saturated heterocycles. The van der Waals surface area contributed by atoms with Crippen molar-refractivity contribution in [1.29, 1.82) is 0 Å². The van der Waals surface area contributed by atoms with Crippen LogP contribution in [0.1, 0.15) is 23.6 Å². The number of aryl methyl sites for hydroxylation is 1. The van der Waals surface area contributed by atoms with Gasteiger partial charge in [-0.25, -0.2) is 9.18 Å². The summed E-state index contributed by atoms with van der Waals surface area (Å²) in [6.45, 7) is 3.35. The van der Waals surface area contributed by atoms with Crippen molar-refractivity contribution >= 4 is 17.8 Å². The van der Waals surface area contributed by atoms with Gasteiger partial charge in [0, 0.05) is 13.6 Å². The Labute approximate surface area is 162 Å². The van der Waals surface area contributed by atoms with E-state index >= 15 is 0 Å². The molecule has 0 radical (unpaired) electrons. The number of rotatable bonds is 5. The van der Waals surface area contributed by atoms with Gasteiger partial charge in [0.2, 0.25) is 5.91 Å². The summed E-state index contributed by atoms with van der Waals surface area (Å²) in [5.74, 6) is -1.28. The first-order valence-corrected chi connectivity index (χ1v) is 8.90. The van der Waals surface area contributed by atoms with Gasteiger partial charge >= 0.3 is 6.03 Å². The minimum atomic E-state index is -1.22. The Morgan fingerprint density at radius 1 is 1.18 bits per heavy atom. The lowest BCUT2D eigenvalue weighted by atomic mass is 9.91. The number of benzene rings is 2. The SMILES string of the molecule is Cc1ccc(C2(C)NC(=O)N(CC(=O)N(C)Cc3cccc(F)c3)C2=O)cc1. The molecule has 1 atom stereocenters. The highest BCUT2D eigenvalue weighted by Gasteiger charge is 2.49. The van der Waals surface area contributed by atoms with Crippen LogP contribution in [-0.4, -0.2) is 41.2 Å². The van der Waals surface area contributed by atoms with Crippen LogP contribution in [0.25, 0.3) is 0 Å². The number of urea groups is 1. The molecule has 0 aromatic heterocycles. The second kappa shape index (κ2) is 7.42. The van der Waals surface area contributed by atoms with Crippen LogP contribution < -0.4 is 5.32 Å². The van der Waals surface area contributed by atoms with E-state index in [9.17, 15) is 18.8 Å². The molecule has 1 aliphatic heterocycles. The van der Waals surface area contributed by atoms with Gasteiger partial charge in [-0.1, -0.05) is 42.0 Å². The van der Waals surface area contributed by atoms with Crippen LogP contribution in [0.2, 0.25) is 0 Å². The van der Waals surface area contributed by atoms with Crippen LogP contribution in [0.3, 0.4) is 0 Å². The Balaban J connectivity index is 1.71. The predicted octanol–water partition coefficient (Wildman–Crippen LogP) is 2.56. The Kier molecular flexibility index (Phi) is 5.18. The number of carbonyl (C=O) groups is 3. The van der Waals surface area contributed by atoms with Crippen molar-refractivity contribution in [3.05, 3.63) is 71.0 Å². The molecular formula is C21H22FN3O3. The van der Waals surface area contributed by atoms with Gasteiger partial charge < -0.3 is 10.2 Å². The topological polar surface area (TPSA) is 69.7 Å². The van der Waals surface area contributed by atoms with E-state index in [1.807, 2.05) is 19.1 Å². The van der Waals surface area contributed by atoms with Gasteiger partial charge in [0.25, 0.3) is 5.91 Å². The highest BCUT2D eigenvalue weighted by atomic mass is 19.1. The average Bonchev–Trinajstić information content (AvgIpc) is 2.86. The molecule has 4 amide bonds. The Bertz CT molecular complexity index is 929. The number of halogens is 1. The summed E-state index contributed by atoms with van der Waals surface area (Å²) < 4.78 is 13.3. The number of carbonyl (C=O) groups excluding carboxylic acids is 3. The quantitative estimate of drug-likeness (QED) is 0.807. The number of nitrogens with zero attached hydrogens (tertiary/aromatic N) is 2. The van der Waals surface area contributed by atoms with Crippen molar-refractivity contribution in [2.24, 2.45) is 0 Å². The second-order valence-electron chi connectivity index (χ2n) is 7.19. The summed E-state index contributed by atoms with van der Waals surface area (Å²) in [5, 5.41) is 2.68. The van der Waals surface area contributed by atoms with Gasteiger partial charge in [-0.15, -0.1) is 0 Å². The molecule has 1 N–H and O–H groups in total. The van der Waals surface area contributed by atoms with Crippen LogP contribution in [0.4, 0.5) is 9.18 Å². The van der Waals surface area contributed by atoms with Crippen LogP contribution in [0.5, 0.6) is 0 Å². The molecule has 1 fully saturated rings. The molecule has 1 aliphatic rings. The maximum atomic E-state index is 13.3. The summed E-state index contributed by atoms with van der Waals surface area (Å²) in [6, 6.07) is 12.6. The minimum absolute atomic E-state index is 0.176. The Hall–Kier alpha value is -3.22. The molecular weight excluding hydrogens is 361 g/mol. The van der Waals surface area contributed by atoms with Crippen molar-refractivity contribution in [2.45, 2.75) is 25.9 Å². The van der Waals surface area contributed by atoms with Crippen molar-refractivity contribution in [1.82, 2.24) is 15.1 Å². The maximum Gasteiger partial charge on any atom is 0.325 e. The highest BCUT2D eigenvalue weighted by molar-refractivity contribution is 6.09. The molecule has 2 aromatic carbocycles. The molecule has 2 aromatic rings. The standard InChI is InChI=1S/C21H22FN3O3/c1-14-7-9-16(10-8-14)21(2)19(27)25(20(28)23-21)13-18(26)24(3)12-15-5-4-6-17(22)11-15/h4-11H,12-13H2,1-3H3,(H,23,28). The molecule has 1 heterocycles. The Morgan fingerprint density at radius 3 is 2.50 bits per heavy atom. The van der Waals surface area contributed by atoms with E-state index in [1.165, 1.54) is 17.0 Å². The van der Waals surface area contributed by atoms with Crippen LogP contribution in [-0.2, 0) is 21.7 Å². The van der Waals surface area contributed by atoms with E-state index in [-0.39, 0.29) is 18.9 Å². The molecule has 0 saturated carbocycles. The first kappa shape index (κ1) is 19.5. The van der Waals surface area contributed by atoms with Crippen LogP contribution in [0.15, 0.2) is 48.5 Å². The number of hydrogen-bond acceptors (Lipinski definition) is 3. The summed E-state index contributed by atoms with van der Waals surface area (Å²) >= 11 is 0. The zero-order valence-corrected chi connectivity index (χ0v) is 16.0.